The molecule has 1 fully saturated rings. The largest absolute Gasteiger partial charge is 0.491 e. The van der Waals surface area contributed by atoms with Crippen molar-refractivity contribution in [3.05, 3.63) is 29.8 Å². The van der Waals surface area contributed by atoms with Gasteiger partial charge in [0.05, 0.1) is 12.2 Å². The van der Waals surface area contributed by atoms with Crippen LogP contribution in [0.2, 0.25) is 0 Å². The Morgan fingerprint density at radius 2 is 1.95 bits per heavy atom. The maximum absolute atomic E-state index is 9.24. The van der Waals surface area contributed by atoms with E-state index in [2.05, 4.69) is 11.0 Å². The van der Waals surface area contributed by atoms with Crippen LogP contribution in [0, 0.1) is 11.3 Å². The van der Waals surface area contributed by atoms with Crippen LogP contribution in [0.5, 0.6) is 5.75 Å². The molecule has 2 rings (SSSR count). The predicted octanol–water partition coefficient (Wildman–Crippen LogP) is 2.56. The first-order chi connectivity index (χ1) is 10.3. The molecule has 0 amide bonds. The van der Waals surface area contributed by atoms with Crippen LogP contribution in [-0.4, -0.2) is 42.4 Å². The van der Waals surface area contributed by atoms with Crippen LogP contribution in [0.25, 0.3) is 0 Å². The molecule has 1 aliphatic carbocycles. The third kappa shape index (κ3) is 4.73. The Kier molecular flexibility index (Phi) is 6.52. The lowest BCUT2D eigenvalue weighted by Gasteiger charge is -2.33. The molecule has 4 heteroatoms. The summed E-state index contributed by atoms with van der Waals surface area (Å²) in [5.74, 6) is 0.646. The number of hydrogen-bond donors (Lipinski definition) is 1. The molecule has 114 valence electrons. The Morgan fingerprint density at radius 3 is 2.67 bits per heavy atom. The van der Waals surface area contributed by atoms with Gasteiger partial charge in [-0.05, 0) is 25.0 Å². The number of aliphatic hydroxyl groups is 1. The fourth-order valence-corrected chi connectivity index (χ4v) is 3.01. The van der Waals surface area contributed by atoms with Gasteiger partial charge in [0.15, 0.2) is 0 Å². The average Bonchev–Trinajstić information content (AvgIpc) is 2.55. The molecule has 1 N–H and O–H groups in total. The molecule has 0 aliphatic heterocycles. The normalized spacial score (nSPS) is 15.9. The first-order valence-corrected chi connectivity index (χ1v) is 7.82. The van der Waals surface area contributed by atoms with Crippen LogP contribution in [-0.2, 0) is 0 Å². The molecular formula is C17H24N2O2. The van der Waals surface area contributed by atoms with Gasteiger partial charge in [0.25, 0.3) is 0 Å². The Bertz CT molecular complexity index is 464. The highest BCUT2D eigenvalue weighted by Crippen LogP contribution is 2.22. The number of para-hydroxylation sites is 1. The smallest absolute Gasteiger partial charge is 0.137 e. The van der Waals surface area contributed by atoms with Gasteiger partial charge in [-0.2, -0.15) is 5.26 Å². The van der Waals surface area contributed by atoms with E-state index in [4.69, 9.17) is 10.00 Å². The molecule has 0 spiro atoms. The van der Waals surface area contributed by atoms with Crippen LogP contribution in [0.15, 0.2) is 24.3 Å². The second-order valence-corrected chi connectivity index (χ2v) is 5.51. The van der Waals surface area contributed by atoms with Crippen LogP contribution in [0.4, 0.5) is 0 Å². The zero-order valence-electron chi connectivity index (χ0n) is 12.5. The minimum absolute atomic E-state index is 0.186. The summed E-state index contributed by atoms with van der Waals surface area (Å²) in [7, 11) is 0. The van der Waals surface area contributed by atoms with Gasteiger partial charge in [-0.3, -0.25) is 4.90 Å². The Morgan fingerprint density at radius 1 is 1.19 bits per heavy atom. The Balaban J connectivity index is 1.85. The van der Waals surface area contributed by atoms with Crippen molar-refractivity contribution in [2.24, 2.45) is 0 Å². The summed E-state index contributed by atoms with van der Waals surface area (Å²) in [6.07, 6.45) is 6.33. The van der Waals surface area contributed by atoms with E-state index in [1.54, 1.807) is 6.07 Å². The van der Waals surface area contributed by atoms with Gasteiger partial charge in [0, 0.05) is 19.1 Å². The number of nitrogens with zero attached hydrogens (tertiary/aromatic N) is 2. The molecule has 0 aromatic heterocycles. The molecule has 0 heterocycles. The molecule has 21 heavy (non-hydrogen) atoms. The van der Waals surface area contributed by atoms with E-state index in [-0.39, 0.29) is 6.61 Å². The van der Waals surface area contributed by atoms with Crippen molar-refractivity contribution in [3.63, 3.8) is 0 Å². The lowest BCUT2D eigenvalue weighted by Crippen LogP contribution is -2.41. The van der Waals surface area contributed by atoms with E-state index in [1.165, 1.54) is 32.1 Å². The molecule has 4 nitrogen and oxygen atoms in total. The number of benzene rings is 1. The molecule has 0 saturated heterocycles. The van der Waals surface area contributed by atoms with Gasteiger partial charge in [0.2, 0.25) is 0 Å². The van der Waals surface area contributed by atoms with Gasteiger partial charge >= 0.3 is 0 Å². The lowest BCUT2D eigenvalue weighted by molar-refractivity contribution is 0.106. The number of aliphatic hydroxyl groups excluding tert-OH is 1. The van der Waals surface area contributed by atoms with E-state index in [0.29, 0.717) is 30.5 Å². The van der Waals surface area contributed by atoms with E-state index in [9.17, 15) is 5.11 Å². The highest BCUT2D eigenvalue weighted by Gasteiger charge is 2.20. The molecule has 0 radical (unpaired) electrons. The third-order valence-electron chi connectivity index (χ3n) is 4.12. The standard InChI is InChI=1S/C17H24N2O2/c18-14-15-6-4-5-9-17(15)21-13-11-19(10-12-20)16-7-2-1-3-8-16/h4-6,9,16,20H,1-3,7-8,10-13H2. The minimum atomic E-state index is 0.186. The highest BCUT2D eigenvalue weighted by molar-refractivity contribution is 5.42. The molecule has 1 aliphatic rings. The number of ether oxygens (including phenoxy) is 1. The summed E-state index contributed by atoms with van der Waals surface area (Å²) in [6.45, 7) is 2.24. The van der Waals surface area contributed by atoms with Crippen molar-refractivity contribution in [3.8, 4) is 11.8 Å². The van der Waals surface area contributed by atoms with Gasteiger partial charge in [0.1, 0.15) is 18.4 Å². The fourth-order valence-electron chi connectivity index (χ4n) is 3.01. The molecule has 0 atom stereocenters. The first kappa shape index (κ1) is 15.8. The molecule has 0 bridgehead atoms. The fraction of sp³-hybridized carbons (Fsp3) is 0.588. The van der Waals surface area contributed by atoms with Gasteiger partial charge in [-0.15, -0.1) is 0 Å². The Labute approximate surface area is 127 Å². The van der Waals surface area contributed by atoms with Gasteiger partial charge in [-0.1, -0.05) is 31.4 Å². The van der Waals surface area contributed by atoms with Crippen LogP contribution in [0.1, 0.15) is 37.7 Å². The molecule has 0 unspecified atom stereocenters. The van der Waals surface area contributed by atoms with Crippen LogP contribution in [0.3, 0.4) is 0 Å². The maximum Gasteiger partial charge on any atom is 0.137 e. The van der Waals surface area contributed by atoms with Gasteiger partial charge < -0.3 is 9.84 Å². The summed E-state index contributed by atoms with van der Waals surface area (Å²) >= 11 is 0. The van der Waals surface area contributed by atoms with Crippen molar-refractivity contribution in [2.45, 2.75) is 38.1 Å². The summed E-state index contributed by atoms with van der Waals surface area (Å²) < 4.78 is 5.75. The molecular weight excluding hydrogens is 264 g/mol. The predicted molar refractivity (Wildman–Crippen MR) is 82.2 cm³/mol. The number of nitriles is 1. The monoisotopic (exact) mass is 288 g/mol. The van der Waals surface area contributed by atoms with Crippen molar-refractivity contribution in [1.29, 1.82) is 5.26 Å². The Hall–Kier alpha value is -1.57. The minimum Gasteiger partial charge on any atom is -0.491 e. The summed E-state index contributed by atoms with van der Waals surface area (Å²) in [5, 5.41) is 18.3. The molecule has 1 saturated carbocycles. The lowest BCUT2D eigenvalue weighted by atomic mass is 9.94. The zero-order valence-corrected chi connectivity index (χ0v) is 12.5. The summed E-state index contributed by atoms with van der Waals surface area (Å²) in [4.78, 5) is 2.33. The van der Waals surface area contributed by atoms with Crippen LogP contribution < -0.4 is 4.74 Å². The molecule has 1 aromatic carbocycles. The molecule has 1 aromatic rings. The summed E-state index contributed by atoms with van der Waals surface area (Å²) in [5.41, 5.74) is 0.573. The van der Waals surface area contributed by atoms with Crippen molar-refractivity contribution in [1.82, 2.24) is 4.90 Å². The second-order valence-electron chi connectivity index (χ2n) is 5.51. The SMILES string of the molecule is N#Cc1ccccc1OCCN(CCO)C1CCCCC1. The number of hydrogen-bond acceptors (Lipinski definition) is 4. The average molecular weight is 288 g/mol. The van der Waals surface area contributed by atoms with Crippen molar-refractivity contribution < 1.29 is 9.84 Å². The zero-order chi connectivity index (χ0) is 14.9. The quantitative estimate of drug-likeness (QED) is 0.838. The number of rotatable bonds is 7. The summed E-state index contributed by atoms with van der Waals surface area (Å²) in [6, 6.07) is 10.0. The van der Waals surface area contributed by atoms with E-state index in [0.717, 1.165) is 6.54 Å². The third-order valence-corrected chi connectivity index (χ3v) is 4.12. The maximum atomic E-state index is 9.24. The van der Waals surface area contributed by atoms with Crippen molar-refractivity contribution in [2.75, 3.05) is 26.3 Å². The second kappa shape index (κ2) is 8.66. The van der Waals surface area contributed by atoms with E-state index >= 15 is 0 Å². The van der Waals surface area contributed by atoms with Crippen molar-refractivity contribution >= 4 is 0 Å². The van der Waals surface area contributed by atoms with E-state index in [1.807, 2.05) is 18.2 Å². The van der Waals surface area contributed by atoms with Crippen LogP contribution >= 0.6 is 0 Å². The van der Waals surface area contributed by atoms with E-state index < -0.39 is 0 Å². The topological polar surface area (TPSA) is 56.5 Å². The van der Waals surface area contributed by atoms with Gasteiger partial charge in [-0.25, -0.2) is 0 Å². The highest BCUT2D eigenvalue weighted by atomic mass is 16.5. The first-order valence-electron chi connectivity index (χ1n) is 7.82.